The molecule has 0 spiro atoms. The Morgan fingerprint density at radius 1 is 0.957 bits per heavy atom. The van der Waals surface area contributed by atoms with Crippen molar-refractivity contribution in [2.75, 3.05) is 28.4 Å². The summed E-state index contributed by atoms with van der Waals surface area (Å²) in [5.41, 5.74) is 0.614. The van der Waals surface area contributed by atoms with Crippen molar-refractivity contribution in [1.29, 1.82) is 0 Å². The van der Waals surface area contributed by atoms with Crippen LogP contribution in [-0.4, -0.2) is 33.5 Å². The Kier molecular flexibility index (Phi) is 5.34. The molecule has 0 radical (unpaired) electrons. The predicted molar refractivity (Wildman–Crippen MR) is 89.9 cm³/mol. The molecule has 0 amide bonds. The third-order valence-corrected chi connectivity index (χ3v) is 3.76. The lowest BCUT2D eigenvalue weighted by Crippen LogP contribution is -2.03. The van der Waals surface area contributed by atoms with Gasteiger partial charge in [-0.05, 0) is 24.6 Å². The Bertz CT molecular complexity index is 708. The summed E-state index contributed by atoms with van der Waals surface area (Å²) < 4.78 is 22.0. The van der Waals surface area contributed by atoms with E-state index < -0.39 is 6.10 Å². The summed E-state index contributed by atoms with van der Waals surface area (Å²) in [5.74, 6) is 2.37. The van der Waals surface area contributed by atoms with E-state index in [9.17, 15) is 5.11 Å². The molecule has 0 bridgehead atoms. The fourth-order valence-corrected chi connectivity index (χ4v) is 2.71. The second-order valence-electron chi connectivity index (χ2n) is 4.96. The minimum absolute atomic E-state index is 0.400. The summed E-state index contributed by atoms with van der Waals surface area (Å²) in [6, 6.07) is 5.37. The Balaban J connectivity index is 2.94. The van der Waals surface area contributed by atoms with Gasteiger partial charge in [0.1, 0.15) is 23.0 Å². The molecule has 0 saturated carbocycles. The fraction of sp³-hybridized carbons (Fsp3) is 0.333. The summed E-state index contributed by atoms with van der Waals surface area (Å²) in [4.78, 5) is 0. The molecule has 2 rings (SSSR count). The topological polar surface area (TPSA) is 57.2 Å². The molecule has 0 aliphatic carbocycles. The Morgan fingerprint density at radius 3 is 2.00 bits per heavy atom. The summed E-state index contributed by atoms with van der Waals surface area (Å²) >= 11 is 0. The third-order valence-electron chi connectivity index (χ3n) is 3.76. The van der Waals surface area contributed by atoms with Gasteiger partial charge in [-0.2, -0.15) is 0 Å². The highest BCUT2D eigenvalue weighted by molar-refractivity contribution is 6.03. The SMILES string of the molecule is C=CCC(O)c1cc(OC)c2c(OC)ccc(OC)c2c1OC. The normalized spacial score (nSPS) is 11.9. The standard InChI is InChI=1S/C18H22O5/c1-6-7-12(19)11-10-15(22-4)16-13(20-2)8-9-14(21-3)17(16)18(11)23-5/h6,8-10,12,19H,1,7H2,2-5H3. The van der Waals surface area contributed by atoms with Crippen molar-refractivity contribution in [3.05, 3.63) is 36.4 Å². The van der Waals surface area contributed by atoms with Crippen LogP contribution in [0.3, 0.4) is 0 Å². The van der Waals surface area contributed by atoms with Crippen molar-refractivity contribution in [2.24, 2.45) is 0 Å². The quantitative estimate of drug-likeness (QED) is 0.792. The number of aliphatic hydroxyl groups excluding tert-OH is 1. The van der Waals surface area contributed by atoms with Crippen molar-refractivity contribution >= 4 is 10.8 Å². The van der Waals surface area contributed by atoms with Gasteiger partial charge in [-0.1, -0.05) is 6.08 Å². The van der Waals surface area contributed by atoms with Gasteiger partial charge in [0.2, 0.25) is 0 Å². The van der Waals surface area contributed by atoms with E-state index in [4.69, 9.17) is 18.9 Å². The van der Waals surface area contributed by atoms with Crippen molar-refractivity contribution in [3.8, 4) is 23.0 Å². The smallest absolute Gasteiger partial charge is 0.136 e. The zero-order chi connectivity index (χ0) is 17.0. The second kappa shape index (κ2) is 7.24. The zero-order valence-electron chi connectivity index (χ0n) is 13.9. The van der Waals surface area contributed by atoms with E-state index in [0.29, 0.717) is 40.4 Å². The zero-order valence-corrected chi connectivity index (χ0v) is 13.9. The number of benzene rings is 2. The Labute approximate surface area is 136 Å². The lowest BCUT2D eigenvalue weighted by atomic mass is 9.97. The van der Waals surface area contributed by atoms with Crippen molar-refractivity contribution in [1.82, 2.24) is 0 Å². The van der Waals surface area contributed by atoms with Crippen LogP contribution in [0.25, 0.3) is 10.8 Å². The molecule has 0 aliphatic heterocycles. The lowest BCUT2D eigenvalue weighted by molar-refractivity contribution is 0.177. The van der Waals surface area contributed by atoms with E-state index in [0.717, 1.165) is 5.39 Å². The predicted octanol–water partition coefficient (Wildman–Crippen LogP) is 3.48. The Morgan fingerprint density at radius 2 is 1.52 bits per heavy atom. The number of hydrogen-bond acceptors (Lipinski definition) is 5. The van der Waals surface area contributed by atoms with Crippen LogP contribution in [0.2, 0.25) is 0 Å². The van der Waals surface area contributed by atoms with E-state index in [2.05, 4.69) is 6.58 Å². The molecule has 2 aromatic carbocycles. The summed E-state index contributed by atoms with van der Waals surface area (Å²) in [5, 5.41) is 11.9. The minimum atomic E-state index is -0.753. The van der Waals surface area contributed by atoms with Crippen LogP contribution in [0.4, 0.5) is 0 Å². The van der Waals surface area contributed by atoms with E-state index in [1.165, 1.54) is 0 Å². The average molecular weight is 318 g/mol. The van der Waals surface area contributed by atoms with Gasteiger partial charge in [-0.3, -0.25) is 0 Å². The maximum absolute atomic E-state index is 10.4. The molecular formula is C18H22O5. The van der Waals surface area contributed by atoms with Gasteiger partial charge in [0.15, 0.2) is 0 Å². The maximum atomic E-state index is 10.4. The van der Waals surface area contributed by atoms with Gasteiger partial charge in [0.25, 0.3) is 0 Å². The van der Waals surface area contributed by atoms with Crippen molar-refractivity contribution in [2.45, 2.75) is 12.5 Å². The Hall–Kier alpha value is -2.40. The van der Waals surface area contributed by atoms with E-state index in [1.807, 2.05) is 6.07 Å². The number of fused-ring (bicyclic) bond motifs is 1. The molecule has 0 saturated heterocycles. The lowest BCUT2D eigenvalue weighted by Gasteiger charge is -2.21. The molecule has 0 fully saturated rings. The first kappa shape index (κ1) is 17.0. The molecule has 1 unspecified atom stereocenters. The highest BCUT2D eigenvalue weighted by Gasteiger charge is 2.23. The van der Waals surface area contributed by atoms with E-state index in [1.54, 1.807) is 46.6 Å². The van der Waals surface area contributed by atoms with Crippen LogP contribution in [0.15, 0.2) is 30.9 Å². The van der Waals surface area contributed by atoms with Crippen molar-refractivity contribution in [3.63, 3.8) is 0 Å². The van der Waals surface area contributed by atoms with Gasteiger partial charge < -0.3 is 24.1 Å². The second-order valence-corrected chi connectivity index (χ2v) is 4.96. The number of rotatable bonds is 7. The number of ether oxygens (including phenoxy) is 4. The number of hydrogen-bond donors (Lipinski definition) is 1. The molecule has 1 N–H and O–H groups in total. The third kappa shape index (κ3) is 2.92. The number of aliphatic hydroxyl groups is 1. The molecule has 0 heterocycles. The van der Waals surface area contributed by atoms with Gasteiger partial charge in [0.05, 0.1) is 45.3 Å². The largest absolute Gasteiger partial charge is 0.496 e. The highest BCUT2D eigenvalue weighted by Crippen LogP contribution is 2.48. The van der Waals surface area contributed by atoms with Crippen LogP contribution in [-0.2, 0) is 0 Å². The van der Waals surface area contributed by atoms with Crippen molar-refractivity contribution < 1.29 is 24.1 Å². The van der Waals surface area contributed by atoms with Gasteiger partial charge in [-0.15, -0.1) is 6.58 Å². The van der Waals surface area contributed by atoms with Gasteiger partial charge in [0, 0.05) is 5.56 Å². The van der Waals surface area contributed by atoms with Gasteiger partial charge >= 0.3 is 0 Å². The molecular weight excluding hydrogens is 296 g/mol. The van der Waals surface area contributed by atoms with E-state index >= 15 is 0 Å². The average Bonchev–Trinajstić information content (AvgIpc) is 2.59. The summed E-state index contributed by atoms with van der Waals surface area (Å²) in [6.07, 6.45) is 1.30. The molecule has 1 atom stereocenters. The van der Waals surface area contributed by atoms with Crippen LogP contribution in [0.5, 0.6) is 23.0 Å². The molecule has 23 heavy (non-hydrogen) atoms. The molecule has 5 nitrogen and oxygen atoms in total. The van der Waals surface area contributed by atoms with Crippen LogP contribution in [0, 0.1) is 0 Å². The maximum Gasteiger partial charge on any atom is 0.136 e. The van der Waals surface area contributed by atoms with Gasteiger partial charge in [-0.25, -0.2) is 0 Å². The molecule has 0 aliphatic rings. The minimum Gasteiger partial charge on any atom is -0.496 e. The molecule has 5 heteroatoms. The first-order valence-electron chi connectivity index (χ1n) is 7.21. The summed E-state index contributed by atoms with van der Waals surface area (Å²) in [6.45, 7) is 3.67. The first-order chi connectivity index (χ1) is 11.1. The molecule has 124 valence electrons. The molecule has 0 aromatic heterocycles. The first-order valence-corrected chi connectivity index (χ1v) is 7.21. The molecule has 2 aromatic rings. The van der Waals surface area contributed by atoms with E-state index in [-0.39, 0.29) is 0 Å². The monoisotopic (exact) mass is 318 g/mol. The summed E-state index contributed by atoms with van der Waals surface area (Å²) in [7, 11) is 6.31. The van der Waals surface area contributed by atoms with Crippen LogP contribution < -0.4 is 18.9 Å². The fourth-order valence-electron chi connectivity index (χ4n) is 2.71. The van der Waals surface area contributed by atoms with Crippen LogP contribution in [0.1, 0.15) is 18.1 Å². The van der Waals surface area contributed by atoms with Crippen LogP contribution >= 0.6 is 0 Å². The number of methoxy groups -OCH3 is 4. The highest BCUT2D eigenvalue weighted by atomic mass is 16.5.